The molecule has 1 aromatic carbocycles. The summed E-state index contributed by atoms with van der Waals surface area (Å²) in [6.45, 7) is 6.31. The monoisotopic (exact) mass is 430 g/mol. The fraction of sp³-hybridized carbons (Fsp3) is 0.467. The number of rotatable bonds is 4. The molecule has 0 radical (unpaired) electrons. The van der Waals surface area contributed by atoms with Gasteiger partial charge in [0.15, 0.2) is 0 Å². The van der Waals surface area contributed by atoms with Gasteiger partial charge in [0.1, 0.15) is 5.01 Å². The highest BCUT2D eigenvalue weighted by molar-refractivity contribution is 9.10. The van der Waals surface area contributed by atoms with Crippen molar-refractivity contribution >= 4 is 42.4 Å². The molecular formula is C15H19BrN4O2S2. The van der Waals surface area contributed by atoms with Crippen LogP contribution in [-0.2, 0) is 10.0 Å². The lowest BCUT2D eigenvalue weighted by Gasteiger charge is -2.33. The Balaban J connectivity index is 1.71. The van der Waals surface area contributed by atoms with Crippen molar-refractivity contribution in [3.05, 3.63) is 33.7 Å². The Bertz CT molecular complexity index is 814. The molecule has 130 valence electrons. The predicted octanol–water partition coefficient (Wildman–Crippen LogP) is 2.93. The highest BCUT2D eigenvalue weighted by atomic mass is 79.9. The van der Waals surface area contributed by atoms with Crippen LogP contribution in [0.3, 0.4) is 0 Å². The topological polar surface area (TPSA) is 66.4 Å². The minimum Gasteiger partial charge on any atom is -0.344 e. The number of anilines is 1. The minimum atomic E-state index is -3.48. The standard InChI is InChI=1S/C15H19BrN4O2S2/c1-11(2)14-17-18-15(23-14)19-7-9-20(10-8-19)24(21,22)13-6-4-3-5-12(13)16/h3-6,11H,7-10H2,1-2H3. The van der Waals surface area contributed by atoms with Crippen LogP contribution in [0.15, 0.2) is 33.6 Å². The first-order valence-corrected chi connectivity index (χ1v) is 10.8. The van der Waals surface area contributed by atoms with Gasteiger partial charge in [-0.2, -0.15) is 4.31 Å². The summed E-state index contributed by atoms with van der Waals surface area (Å²) in [5.41, 5.74) is 0. The van der Waals surface area contributed by atoms with Gasteiger partial charge in [0.25, 0.3) is 0 Å². The largest absolute Gasteiger partial charge is 0.344 e. The van der Waals surface area contributed by atoms with E-state index in [0.29, 0.717) is 41.5 Å². The molecule has 0 N–H and O–H groups in total. The van der Waals surface area contributed by atoms with Gasteiger partial charge in [-0.15, -0.1) is 10.2 Å². The van der Waals surface area contributed by atoms with Crippen molar-refractivity contribution in [3.63, 3.8) is 0 Å². The van der Waals surface area contributed by atoms with Gasteiger partial charge in [-0.05, 0) is 28.1 Å². The third kappa shape index (κ3) is 3.49. The van der Waals surface area contributed by atoms with Crippen LogP contribution in [0.25, 0.3) is 0 Å². The first kappa shape index (κ1) is 17.8. The van der Waals surface area contributed by atoms with E-state index in [1.165, 1.54) is 4.31 Å². The van der Waals surface area contributed by atoms with Gasteiger partial charge >= 0.3 is 0 Å². The molecule has 6 nitrogen and oxygen atoms in total. The summed E-state index contributed by atoms with van der Waals surface area (Å²) >= 11 is 4.91. The molecule has 1 saturated heterocycles. The first-order valence-electron chi connectivity index (χ1n) is 7.72. The van der Waals surface area contributed by atoms with E-state index in [2.05, 4.69) is 44.9 Å². The number of aromatic nitrogens is 2. The van der Waals surface area contributed by atoms with Crippen molar-refractivity contribution in [2.24, 2.45) is 0 Å². The molecule has 2 heterocycles. The molecule has 1 fully saturated rings. The molecule has 1 aliphatic rings. The van der Waals surface area contributed by atoms with Crippen molar-refractivity contribution in [1.82, 2.24) is 14.5 Å². The number of hydrogen-bond donors (Lipinski definition) is 0. The number of piperazine rings is 1. The second-order valence-electron chi connectivity index (χ2n) is 5.90. The number of benzene rings is 1. The van der Waals surface area contributed by atoms with Gasteiger partial charge in [0, 0.05) is 36.6 Å². The van der Waals surface area contributed by atoms with Gasteiger partial charge in [-0.25, -0.2) is 8.42 Å². The molecule has 24 heavy (non-hydrogen) atoms. The molecule has 9 heteroatoms. The molecule has 0 unspecified atom stereocenters. The number of sulfonamides is 1. The molecule has 0 atom stereocenters. The zero-order valence-electron chi connectivity index (χ0n) is 13.5. The average molecular weight is 431 g/mol. The molecule has 0 spiro atoms. The zero-order valence-corrected chi connectivity index (χ0v) is 16.7. The van der Waals surface area contributed by atoms with Crippen molar-refractivity contribution in [2.75, 3.05) is 31.1 Å². The summed E-state index contributed by atoms with van der Waals surface area (Å²) in [5, 5.41) is 10.3. The normalized spacial score (nSPS) is 16.8. The zero-order chi connectivity index (χ0) is 17.3. The number of nitrogens with zero attached hydrogens (tertiary/aromatic N) is 4. The maximum Gasteiger partial charge on any atom is 0.244 e. The molecule has 2 aromatic rings. The van der Waals surface area contributed by atoms with Crippen LogP contribution in [0.2, 0.25) is 0 Å². The van der Waals surface area contributed by atoms with Gasteiger partial charge in [0.05, 0.1) is 4.90 Å². The average Bonchev–Trinajstić information content (AvgIpc) is 3.05. The summed E-state index contributed by atoms with van der Waals surface area (Å²) in [7, 11) is -3.48. The highest BCUT2D eigenvalue weighted by Gasteiger charge is 2.30. The second kappa shape index (κ2) is 7.07. The molecule has 0 bridgehead atoms. The smallest absolute Gasteiger partial charge is 0.244 e. The highest BCUT2D eigenvalue weighted by Crippen LogP contribution is 2.29. The summed E-state index contributed by atoms with van der Waals surface area (Å²) < 4.78 is 27.7. The Kier molecular flexibility index (Phi) is 5.24. The van der Waals surface area contributed by atoms with Gasteiger partial charge in [-0.1, -0.05) is 37.3 Å². The van der Waals surface area contributed by atoms with E-state index in [0.717, 1.165) is 10.1 Å². The molecule has 0 amide bonds. The van der Waals surface area contributed by atoms with E-state index in [9.17, 15) is 8.42 Å². The Labute approximate surface area is 154 Å². The summed E-state index contributed by atoms with van der Waals surface area (Å²) in [6, 6.07) is 6.93. The SMILES string of the molecule is CC(C)c1nnc(N2CCN(S(=O)(=O)c3ccccc3Br)CC2)s1. The molecule has 1 aromatic heterocycles. The van der Waals surface area contributed by atoms with Gasteiger partial charge in [0.2, 0.25) is 15.2 Å². The van der Waals surface area contributed by atoms with Crippen LogP contribution in [0.5, 0.6) is 0 Å². The van der Waals surface area contributed by atoms with Gasteiger partial charge in [-0.3, -0.25) is 0 Å². The van der Waals surface area contributed by atoms with E-state index >= 15 is 0 Å². The van der Waals surface area contributed by atoms with Crippen LogP contribution in [-0.4, -0.2) is 49.1 Å². The van der Waals surface area contributed by atoms with E-state index in [4.69, 9.17) is 0 Å². The lowest BCUT2D eigenvalue weighted by atomic mass is 10.2. The second-order valence-corrected chi connectivity index (χ2v) is 9.65. The Morgan fingerprint density at radius 2 is 1.79 bits per heavy atom. The van der Waals surface area contributed by atoms with Crippen LogP contribution in [0.1, 0.15) is 24.8 Å². The lowest BCUT2D eigenvalue weighted by molar-refractivity contribution is 0.384. The maximum absolute atomic E-state index is 12.8. The van der Waals surface area contributed by atoms with E-state index in [1.807, 2.05) is 6.07 Å². The Morgan fingerprint density at radius 1 is 1.12 bits per heavy atom. The number of hydrogen-bond acceptors (Lipinski definition) is 6. The lowest BCUT2D eigenvalue weighted by Crippen LogP contribution is -2.48. The Morgan fingerprint density at radius 3 is 2.38 bits per heavy atom. The summed E-state index contributed by atoms with van der Waals surface area (Å²) in [6.07, 6.45) is 0. The van der Waals surface area contributed by atoms with E-state index in [1.54, 1.807) is 29.5 Å². The molecule has 0 aliphatic carbocycles. The quantitative estimate of drug-likeness (QED) is 0.745. The van der Waals surface area contributed by atoms with Crippen molar-refractivity contribution in [2.45, 2.75) is 24.7 Å². The summed E-state index contributed by atoms with van der Waals surface area (Å²) in [4.78, 5) is 2.42. The van der Waals surface area contributed by atoms with Gasteiger partial charge < -0.3 is 4.90 Å². The third-order valence-corrected chi connectivity index (χ3v) is 8.08. The van der Waals surface area contributed by atoms with Crippen LogP contribution >= 0.6 is 27.3 Å². The van der Waals surface area contributed by atoms with Crippen LogP contribution in [0, 0.1) is 0 Å². The van der Waals surface area contributed by atoms with Crippen molar-refractivity contribution < 1.29 is 8.42 Å². The fourth-order valence-electron chi connectivity index (χ4n) is 2.50. The first-order chi connectivity index (χ1) is 11.4. The molecular weight excluding hydrogens is 412 g/mol. The molecule has 0 saturated carbocycles. The Hall–Kier alpha value is -1.03. The fourth-order valence-corrected chi connectivity index (χ4v) is 5.78. The summed E-state index contributed by atoms with van der Waals surface area (Å²) in [5.74, 6) is 0.355. The van der Waals surface area contributed by atoms with Crippen LogP contribution < -0.4 is 4.90 Å². The predicted molar refractivity (Wildman–Crippen MR) is 99.1 cm³/mol. The van der Waals surface area contributed by atoms with Crippen molar-refractivity contribution in [3.8, 4) is 0 Å². The van der Waals surface area contributed by atoms with E-state index in [-0.39, 0.29) is 0 Å². The van der Waals surface area contributed by atoms with Crippen LogP contribution in [0.4, 0.5) is 5.13 Å². The molecule has 3 rings (SSSR count). The molecule has 1 aliphatic heterocycles. The minimum absolute atomic E-state index is 0.316. The maximum atomic E-state index is 12.8. The van der Waals surface area contributed by atoms with E-state index < -0.39 is 10.0 Å². The van der Waals surface area contributed by atoms with Crippen molar-refractivity contribution in [1.29, 1.82) is 0 Å². The third-order valence-electron chi connectivity index (χ3n) is 3.89. The number of halogens is 1.